The highest BCUT2D eigenvalue weighted by Crippen LogP contribution is 2.39. The minimum Gasteiger partial charge on any atom is -0.302 e. The van der Waals surface area contributed by atoms with Crippen LogP contribution in [0.25, 0.3) is 0 Å². The van der Waals surface area contributed by atoms with Gasteiger partial charge in [-0.3, -0.25) is 24.3 Å². The number of hydrogen-bond acceptors (Lipinski definition) is 6. The van der Waals surface area contributed by atoms with Crippen molar-refractivity contribution < 1.29 is 14.4 Å². The lowest BCUT2D eigenvalue weighted by Gasteiger charge is -2.40. The maximum Gasteiger partial charge on any atom is 0.328 e. The number of allylic oxidation sites excluding steroid dienone is 2. The maximum absolute atomic E-state index is 13.2. The molecule has 3 heterocycles. The molecule has 0 aliphatic carbocycles. The number of likely N-dealkylation sites (N-methyl/N-ethyl adjacent to an activating group) is 1. The molecule has 28 heavy (non-hydrogen) atoms. The number of Topliss-reactive ketones (excluding diaryl/α,β-unsaturated/α-hetero) is 1. The smallest absolute Gasteiger partial charge is 0.302 e. The van der Waals surface area contributed by atoms with Gasteiger partial charge >= 0.3 is 6.03 Å². The van der Waals surface area contributed by atoms with Crippen LogP contribution in [0, 0.1) is 6.92 Å². The Hall–Kier alpha value is -3.16. The number of aryl methyl sites for hydroxylation is 1. The standard InChI is InChI=1S/C20H23N5O3/c1-11-6-8-15(9-7-11)24-13(3)14(4)25-16-17(21-19(24)25)22(5)20(28)23(18(16)27)10-12(2)26/h6-9,16-17H,10H2,1-5H3. The summed E-state index contributed by atoms with van der Waals surface area (Å²) in [6, 6.07) is 6.92. The second-order valence-electron chi connectivity index (χ2n) is 7.52. The molecule has 2 atom stereocenters. The van der Waals surface area contributed by atoms with Crippen LogP contribution in [-0.2, 0) is 9.59 Å². The molecule has 0 spiro atoms. The molecular weight excluding hydrogens is 358 g/mol. The van der Waals surface area contributed by atoms with Crippen LogP contribution in [0.4, 0.5) is 10.5 Å². The molecule has 0 radical (unpaired) electrons. The van der Waals surface area contributed by atoms with Crippen LogP contribution in [0.15, 0.2) is 40.7 Å². The lowest BCUT2D eigenvalue weighted by atomic mass is 10.1. The van der Waals surface area contributed by atoms with Gasteiger partial charge in [-0.25, -0.2) is 9.79 Å². The first kappa shape index (κ1) is 18.2. The number of imide groups is 1. The largest absolute Gasteiger partial charge is 0.328 e. The van der Waals surface area contributed by atoms with Crippen LogP contribution in [-0.4, -0.2) is 64.2 Å². The van der Waals surface area contributed by atoms with E-state index in [2.05, 4.69) is 0 Å². The molecule has 0 saturated carbocycles. The maximum atomic E-state index is 13.2. The molecule has 2 unspecified atom stereocenters. The van der Waals surface area contributed by atoms with Crippen molar-refractivity contribution in [2.75, 3.05) is 18.5 Å². The number of fused-ring (bicyclic) bond motifs is 3. The number of rotatable bonds is 3. The molecule has 1 aromatic carbocycles. The zero-order valence-electron chi connectivity index (χ0n) is 16.6. The monoisotopic (exact) mass is 381 g/mol. The van der Waals surface area contributed by atoms with Gasteiger partial charge < -0.3 is 4.90 Å². The summed E-state index contributed by atoms with van der Waals surface area (Å²) in [6.45, 7) is 7.10. The number of nitrogens with zero attached hydrogens (tertiary/aromatic N) is 5. The highest BCUT2D eigenvalue weighted by atomic mass is 16.2. The average Bonchev–Trinajstić information content (AvgIpc) is 3.14. The summed E-state index contributed by atoms with van der Waals surface area (Å²) < 4.78 is 0. The van der Waals surface area contributed by atoms with Crippen molar-refractivity contribution in [1.82, 2.24) is 14.7 Å². The lowest BCUT2D eigenvalue weighted by molar-refractivity contribution is -0.139. The summed E-state index contributed by atoms with van der Waals surface area (Å²) in [5.41, 5.74) is 3.99. The van der Waals surface area contributed by atoms with E-state index in [4.69, 9.17) is 4.99 Å². The Kier molecular flexibility index (Phi) is 4.02. The molecular formula is C20H23N5O3. The number of carbonyl (C=O) groups is 3. The normalized spacial score (nSPS) is 24.1. The average molecular weight is 381 g/mol. The third-order valence-corrected chi connectivity index (χ3v) is 5.57. The summed E-state index contributed by atoms with van der Waals surface area (Å²) in [7, 11) is 1.62. The van der Waals surface area contributed by atoms with E-state index in [0.29, 0.717) is 5.96 Å². The molecule has 0 bridgehead atoms. The van der Waals surface area contributed by atoms with Gasteiger partial charge in [0.15, 0.2) is 12.2 Å². The van der Waals surface area contributed by atoms with E-state index in [1.54, 1.807) is 7.05 Å². The summed E-state index contributed by atoms with van der Waals surface area (Å²) >= 11 is 0. The van der Waals surface area contributed by atoms with Crippen molar-refractivity contribution in [2.45, 2.75) is 39.9 Å². The molecule has 1 fully saturated rings. The third kappa shape index (κ3) is 2.44. The Morgan fingerprint density at radius 1 is 1.07 bits per heavy atom. The Bertz CT molecular complexity index is 949. The number of aliphatic imine (C=N–C) groups is 1. The van der Waals surface area contributed by atoms with Crippen molar-refractivity contribution in [1.29, 1.82) is 0 Å². The molecule has 4 rings (SSSR count). The molecule has 8 heteroatoms. The van der Waals surface area contributed by atoms with Crippen LogP contribution >= 0.6 is 0 Å². The van der Waals surface area contributed by atoms with Gasteiger partial charge in [-0.2, -0.15) is 0 Å². The zero-order valence-corrected chi connectivity index (χ0v) is 16.6. The predicted octanol–water partition coefficient (Wildman–Crippen LogP) is 1.92. The number of benzene rings is 1. The second kappa shape index (κ2) is 6.19. The van der Waals surface area contributed by atoms with Crippen LogP contribution in [0.1, 0.15) is 26.3 Å². The van der Waals surface area contributed by atoms with Gasteiger partial charge in [0.25, 0.3) is 5.91 Å². The number of amides is 3. The van der Waals surface area contributed by atoms with Crippen molar-refractivity contribution in [2.24, 2.45) is 4.99 Å². The van der Waals surface area contributed by atoms with E-state index in [1.807, 2.05) is 54.8 Å². The van der Waals surface area contributed by atoms with E-state index in [0.717, 1.165) is 27.5 Å². The minimum absolute atomic E-state index is 0.224. The number of carbonyl (C=O) groups excluding carboxylic acids is 3. The van der Waals surface area contributed by atoms with Crippen LogP contribution < -0.4 is 4.90 Å². The Morgan fingerprint density at radius 2 is 1.71 bits per heavy atom. The quantitative estimate of drug-likeness (QED) is 0.799. The van der Waals surface area contributed by atoms with Crippen molar-refractivity contribution >= 4 is 29.4 Å². The summed E-state index contributed by atoms with van der Waals surface area (Å²) in [5, 5.41) is 0. The van der Waals surface area contributed by atoms with Crippen molar-refractivity contribution in [3.63, 3.8) is 0 Å². The molecule has 1 aromatic rings. The minimum atomic E-state index is -0.664. The van der Waals surface area contributed by atoms with Gasteiger partial charge in [0, 0.05) is 24.1 Å². The SMILES string of the molecule is CC(=O)CN1C(=O)C2C(N=C3N(c4ccc(C)cc4)C(C)=C(C)N32)N(C)C1=O. The molecule has 3 aliphatic rings. The number of hydrogen-bond donors (Lipinski definition) is 0. The van der Waals surface area contributed by atoms with Crippen molar-refractivity contribution in [3.05, 3.63) is 41.2 Å². The number of anilines is 1. The van der Waals surface area contributed by atoms with Crippen LogP contribution in [0.5, 0.6) is 0 Å². The third-order valence-electron chi connectivity index (χ3n) is 5.57. The van der Waals surface area contributed by atoms with E-state index >= 15 is 0 Å². The first-order chi connectivity index (χ1) is 13.2. The topological polar surface area (TPSA) is 76.5 Å². The second-order valence-corrected chi connectivity index (χ2v) is 7.52. The van der Waals surface area contributed by atoms with E-state index < -0.39 is 18.2 Å². The Balaban J connectivity index is 1.76. The van der Waals surface area contributed by atoms with Crippen LogP contribution in [0.3, 0.4) is 0 Å². The molecule has 1 saturated heterocycles. The molecule has 3 amide bonds. The van der Waals surface area contributed by atoms with Gasteiger partial charge in [-0.15, -0.1) is 0 Å². The van der Waals surface area contributed by atoms with Gasteiger partial charge in [-0.1, -0.05) is 17.7 Å². The fourth-order valence-electron chi connectivity index (χ4n) is 3.98. The fraction of sp³-hybridized carbons (Fsp3) is 0.400. The van der Waals surface area contributed by atoms with E-state index in [1.165, 1.54) is 11.8 Å². The Labute approximate surface area is 163 Å². The van der Waals surface area contributed by atoms with Gasteiger partial charge in [-0.05, 0) is 39.8 Å². The van der Waals surface area contributed by atoms with E-state index in [9.17, 15) is 14.4 Å². The first-order valence-corrected chi connectivity index (χ1v) is 9.21. The summed E-state index contributed by atoms with van der Waals surface area (Å²) in [6.07, 6.45) is -0.616. The summed E-state index contributed by atoms with van der Waals surface area (Å²) in [5.74, 6) is 0.00493. The van der Waals surface area contributed by atoms with Gasteiger partial charge in [0.2, 0.25) is 5.96 Å². The molecule has 0 aromatic heterocycles. The lowest BCUT2D eigenvalue weighted by Crippen LogP contribution is -2.65. The Morgan fingerprint density at radius 3 is 2.32 bits per heavy atom. The molecule has 0 N–H and O–H groups in total. The summed E-state index contributed by atoms with van der Waals surface area (Å²) in [4.78, 5) is 48.5. The fourth-order valence-corrected chi connectivity index (χ4v) is 3.98. The predicted molar refractivity (Wildman–Crippen MR) is 104 cm³/mol. The molecule has 146 valence electrons. The number of ketones is 1. The van der Waals surface area contributed by atoms with Gasteiger partial charge in [0.1, 0.15) is 5.78 Å². The number of guanidine groups is 1. The number of urea groups is 1. The van der Waals surface area contributed by atoms with Gasteiger partial charge in [0.05, 0.1) is 6.54 Å². The van der Waals surface area contributed by atoms with Crippen molar-refractivity contribution in [3.8, 4) is 0 Å². The van der Waals surface area contributed by atoms with Crippen LogP contribution in [0.2, 0.25) is 0 Å². The zero-order chi connectivity index (χ0) is 20.3. The highest BCUT2D eigenvalue weighted by Gasteiger charge is 2.56. The van der Waals surface area contributed by atoms with E-state index in [-0.39, 0.29) is 18.2 Å². The first-order valence-electron chi connectivity index (χ1n) is 9.21. The molecule has 8 nitrogen and oxygen atoms in total. The molecule has 3 aliphatic heterocycles. The highest BCUT2D eigenvalue weighted by molar-refractivity contribution is 6.11.